The summed E-state index contributed by atoms with van der Waals surface area (Å²) in [4.78, 5) is 24.8. The lowest BCUT2D eigenvalue weighted by atomic mass is 10.0. The van der Waals surface area contributed by atoms with E-state index in [1.54, 1.807) is 26.0 Å². The third kappa shape index (κ3) is 2.32. The van der Waals surface area contributed by atoms with Crippen molar-refractivity contribution in [3.05, 3.63) is 35.1 Å². The van der Waals surface area contributed by atoms with Gasteiger partial charge in [-0.1, -0.05) is 19.1 Å². The molecule has 4 nitrogen and oxygen atoms in total. The number of aryl methyl sites for hydroxylation is 1. The van der Waals surface area contributed by atoms with E-state index in [-0.39, 0.29) is 11.5 Å². The molecule has 1 aliphatic rings. The number of carboxylic acids is 1. The maximum atomic E-state index is 13.9. The monoisotopic (exact) mass is 265 g/mol. The highest BCUT2D eigenvalue weighted by atomic mass is 19.1. The van der Waals surface area contributed by atoms with Crippen LogP contribution >= 0.6 is 0 Å². The van der Waals surface area contributed by atoms with Gasteiger partial charge in [-0.05, 0) is 30.9 Å². The van der Waals surface area contributed by atoms with Crippen molar-refractivity contribution in [1.29, 1.82) is 0 Å². The molecule has 0 aliphatic carbocycles. The van der Waals surface area contributed by atoms with Crippen molar-refractivity contribution in [3.63, 3.8) is 0 Å². The highest BCUT2D eigenvalue weighted by molar-refractivity contribution is 5.97. The van der Waals surface area contributed by atoms with Crippen LogP contribution in [0.1, 0.15) is 29.3 Å². The number of hydrogen-bond donors (Lipinski definition) is 1. The van der Waals surface area contributed by atoms with Gasteiger partial charge in [-0.15, -0.1) is 0 Å². The highest BCUT2D eigenvalue weighted by Gasteiger charge is 2.40. The molecule has 1 aromatic rings. The molecule has 1 heterocycles. The maximum Gasteiger partial charge on any atom is 0.326 e. The highest BCUT2D eigenvalue weighted by Crippen LogP contribution is 2.27. The van der Waals surface area contributed by atoms with Crippen molar-refractivity contribution in [1.82, 2.24) is 4.90 Å². The molecule has 1 fully saturated rings. The van der Waals surface area contributed by atoms with Crippen molar-refractivity contribution in [2.75, 3.05) is 6.54 Å². The number of rotatable bonds is 2. The Kier molecular flexibility index (Phi) is 3.55. The summed E-state index contributed by atoms with van der Waals surface area (Å²) in [6.45, 7) is 3.72. The first-order valence-electron chi connectivity index (χ1n) is 6.22. The summed E-state index contributed by atoms with van der Waals surface area (Å²) in [5.74, 6) is -2.27. The minimum Gasteiger partial charge on any atom is -0.480 e. The predicted molar refractivity (Wildman–Crippen MR) is 67.4 cm³/mol. The molecule has 5 heteroatoms. The largest absolute Gasteiger partial charge is 0.480 e. The van der Waals surface area contributed by atoms with Gasteiger partial charge in [0.05, 0.1) is 5.56 Å². The van der Waals surface area contributed by atoms with E-state index in [1.807, 2.05) is 0 Å². The zero-order valence-corrected chi connectivity index (χ0v) is 10.9. The molecule has 0 bridgehead atoms. The minimum atomic E-state index is -1.04. The first-order valence-corrected chi connectivity index (χ1v) is 6.22. The second-order valence-electron chi connectivity index (χ2n) is 4.98. The van der Waals surface area contributed by atoms with Crippen molar-refractivity contribution < 1.29 is 19.1 Å². The fourth-order valence-corrected chi connectivity index (χ4v) is 2.52. The van der Waals surface area contributed by atoms with Crippen LogP contribution in [0, 0.1) is 18.7 Å². The van der Waals surface area contributed by atoms with Crippen LogP contribution in [0.25, 0.3) is 0 Å². The Bertz CT molecular complexity index is 529. The fraction of sp³-hybridized carbons (Fsp3) is 0.429. The molecule has 0 saturated carbocycles. The van der Waals surface area contributed by atoms with Crippen molar-refractivity contribution in [3.8, 4) is 0 Å². The molecule has 1 saturated heterocycles. The van der Waals surface area contributed by atoms with Crippen molar-refractivity contribution >= 4 is 11.9 Å². The van der Waals surface area contributed by atoms with Gasteiger partial charge in [0.2, 0.25) is 0 Å². The molecule has 0 radical (unpaired) electrons. The van der Waals surface area contributed by atoms with E-state index < -0.39 is 23.7 Å². The van der Waals surface area contributed by atoms with Gasteiger partial charge >= 0.3 is 5.97 Å². The third-order valence-corrected chi connectivity index (χ3v) is 3.64. The SMILES string of the molecule is Cc1cccc(C(=O)N2CCC(C)C2C(=O)O)c1F. The molecular weight excluding hydrogens is 249 g/mol. The molecular formula is C14H16FNO3. The number of benzene rings is 1. The number of likely N-dealkylation sites (tertiary alicyclic amines) is 1. The van der Waals surface area contributed by atoms with E-state index in [0.29, 0.717) is 18.5 Å². The van der Waals surface area contributed by atoms with Crippen LogP contribution in [0.15, 0.2) is 18.2 Å². The maximum absolute atomic E-state index is 13.9. The molecule has 0 spiro atoms. The average Bonchev–Trinajstić information content (AvgIpc) is 2.74. The third-order valence-electron chi connectivity index (χ3n) is 3.64. The average molecular weight is 265 g/mol. The Hall–Kier alpha value is -1.91. The second kappa shape index (κ2) is 4.99. The number of aliphatic carboxylic acids is 1. The summed E-state index contributed by atoms with van der Waals surface area (Å²) in [7, 11) is 0. The number of carbonyl (C=O) groups excluding carboxylic acids is 1. The summed E-state index contributed by atoms with van der Waals surface area (Å²) in [6, 6.07) is 3.70. The molecule has 2 atom stereocenters. The Morgan fingerprint density at radius 1 is 1.42 bits per heavy atom. The first-order chi connectivity index (χ1) is 8.93. The number of carbonyl (C=O) groups is 2. The van der Waals surface area contributed by atoms with Gasteiger partial charge in [-0.3, -0.25) is 4.79 Å². The summed E-state index contributed by atoms with van der Waals surface area (Å²) in [6.07, 6.45) is 0.621. The summed E-state index contributed by atoms with van der Waals surface area (Å²) in [5, 5.41) is 9.19. The van der Waals surface area contributed by atoms with Crippen LogP contribution in [0.3, 0.4) is 0 Å². The van der Waals surface area contributed by atoms with E-state index in [0.717, 1.165) is 0 Å². The number of halogens is 1. The normalized spacial score (nSPS) is 22.6. The predicted octanol–water partition coefficient (Wildman–Crippen LogP) is 2.07. The number of amides is 1. The molecule has 1 amide bonds. The lowest BCUT2D eigenvalue weighted by molar-refractivity contribution is -0.142. The first kappa shape index (κ1) is 13.5. The summed E-state index contributed by atoms with van der Waals surface area (Å²) >= 11 is 0. The fourth-order valence-electron chi connectivity index (χ4n) is 2.52. The van der Waals surface area contributed by atoms with Gasteiger partial charge in [-0.2, -0.15) is 0 Å². The Morgan fingerprint density at radius 2 is 2.11 bits per heavy atom. The zero-order valence-electron chi connectivity index (χ0n) is 10.9. The molecule has 19 heavy (non-hydrogen) atoms. The van der Waals surface area contributed by atoms with Gasteiger partial charge in [-0.25, -0.2) is 9.18 Å². The second-order valence-corrected chi connectivity index (χ2v) is 4.98. The van der Waals surface area contributed by atoms with E-state index in [1.165, 1.54) is 11.0 Å². The lowest BCUT2D eigenvalue weighted by Crippen LogP contribution is -2.43. The van der Waals surface area contributed by atoms with Crippen LogP contribution in [-0.2, 0) is 4.79 Å². The van der Waals surface area contributed by atoms with E-state index in [2.05, 4.69) is 0 Å². The van der Waals surface area contributed by atoms with Gasteiger partial charge < -0.3 is 10.0 Å². The van der Waals surface area contributed by atoms with E-state index >= 15 is 0 Å². The minimum absolute atomic E-state index is 0.0552. The number of carboxylic acid groups (broad SMARTS) is 1. The van der Waals surface area contributed by atoms with Gasteiger partial charge in [0.25, 0.3) is 5.91 Å². The van der Waals surface area contributed by atoms with E-state index in [4.69, 9.17) is 0 Å². The number of hydrogen-bond acceptors (Lipinski definition) is 2. The standard InChI is InChI=1S/C14H16FNO3/c1-8-4-3-5-10(11(8)15)13(17)16-7-6-9(2)12(16)14(18)19/h3-5,9,12H,6-7H2,1-2H3,(H,18,19). The smallest absolute Gasteiger partial charge is 0.326 e. The van der Waals surface area contributed by atoms with Crippen LogP contribution in [0.5, 0.6) is 0 Å². The zero-order chi connectivity index (χ0) is 14.2. The molecule has 1 N–H and O–H groups in total. The molecule has 2 rings (SSSR count). The van der Waals surface area contributed by atoms with Crippen molar-refractivity contribution in [2.24, 2.45) is 5.92 Å². The van der Waals surface area contributed by atoms with Crippen LogP contribution in [-0.4, -0.2) is 34.5 Å². The van der Waals surface area contributed by atoms with Crippen LogP contribution in [0.4, 0.5) is 4.39 Å². The topological polar surface area (TPSA) is 57.6 Å². The quantitative estimate of drug-likeness (QED) is 0.890. The van der Waals surface area contributed by atoms with Gasteiger partial charge in [0.1, 0.15) is 11.9 Å². The van der Waals surface area contributed by atoms with Gasteiger partial charge in [0, 0.05) is 6.54 Å². The Balaban J connectivity index is 2.34. The summed E-state index contributed by atoms with van der Waals surface area (Å²) < 4.78 is 13.9. The van der Waals surface area contributed by atoms with E-state index in [9.17, 15) is 19.1 Å². The van der Waals surface area contributed by atoms with Crippen molar-refractivity contribution in [2.45, 2.75) is 26.3 Å². The summed E-state index contributed by atoms with van der Waals surface area (Å²) in [5.41, 5.74) is 0.324. The Labute approximate surface area is 110 Å². The molecule has 0 aromatic heterocycles. The lowest BCUT2D eigenvalue weighted by Gasteiger charge is -2.23. The Morgan fingerprint density at radius 3 is 2.74 bits per heavy atom. The van der Waals surface area contributed by atoms with Crippen LogP contribution < -0.4 is 0 Å². The van der Waals surface area contributed by atoms with Gasteiger partial charge in [0.15, 0.2) is 0 Å². The molecule has 1 aliphatic heterocycles. The number of nitrogens with zero attached hydrogens (tertiary/aromatic N) is 1. The molecule has 2 unspecified atom stereocenters. The molecule has 1 aromatic carbocycles. The molecule has 102 valence electrons. The van der Waals surface area contributed by atoms with Crippen LogP contribution in [0.2, 0.25) is 0 Å².